The highest BCUT2D eigenvalue weighted by Gasteiger charge is 2.26. The topological polar surface area (TPSA) is 20.2 Å². The quantitative estimate of drug-likeness (QED) is 0.791. The first-order chi connectivity index (χ1) is 7.31. The molecule has 0 aromatic heterocycles. The fourth-order valence-electron chi connectivity index (χ4n) is 2.31. The van der Waals surface area contributed by atoms with Crippen molar-refractivity contribution in [3.05, 3.63) is 29.8 Å². The van der Waals surface area contributed by atoms with E-state index >= 15 is 0 Å². The van der Waals surface area contributed by atoms with Crippen LogP contribution in [0.2, 0.25) is 0 Å². The lowest BCUT2D eigenvalue weighted by Gasteiger charge is -2.14. The summed E-state index contributed by atoms with van der Waals surface area (Å²) in [5, 5.41) is 9.81. The molecule has 1 aromatic rings. The summed E-state index contributed by atoms with van der Waals surface area (Å²) < 4.78 is 0. The van der Waals surface area contributed by atoms with Gasteiger partial charge in [0, 0.05) is 10.8 Å². The van der Waals surface area contributed by atoms with Crippen LogP contribution in [-0.2, 0) is 0 Å². The minimum atomic E-state index is -0.116. The second kappa shape index (κ2) is 5.04. The van der Waals surface area contributed by atoms with E-state index in [0.29, 0.717) is 5.92 Å². The van der Waals surface area contributed by atoms with Gasteiger partial charge < -0.3 is 5.11 Å². The van der Waals surface area contributed by atoms with Gasteiger partial charge in [-0.2, -0.15) is 0 Å². The van der Waals surface area contributed by atoms with Crippen molar-refractivity contribution in [3.8, 4) is 0 Å². The Morgan fingerprint density at radius 3 is 2.53 bits per heavy atom. The zero-order chi connectivity index (χ0) is 10.7. The zero-order valence-electron chi connectivity index (χ0n) is 9.15. The summed E-state index contributed by atoms with van der Waals surface area (Å²) in [6.45, 7) is 2.17. The molecule has 2 heteroatoms. The Labute approximate surface area is 95.9 Å². The molecule has 0 aliphatic heterocycles. The molecule has 1 nitrogen and oxygen atoms in total. The molecule has 1 aliphatic carbocycles. The summed E-state index contributed by atoms with van der Waals surface area (Å²) in [6.07, 6.45) is 3.16. The first-order valence-electron chi connectivity index (χ1n) is 5.72. The highest BCUT2D eigenvalue weighted by atomic mass is 32.2. The Bertz CT molecular complexity index is 307. The zero-order valence-corrected chi connectivity index (χ0v) is 9.96. The molecule has 2 rings (SSSR count). The van der Waals surface area contributed by atoms with Gasteiger partial charge in [-0.05, 0) is 36.3 Å². The van der Waals surface area contributed by atoms with Crippen LogP contribution in [0.1, 0.15) is 37.7 Å². The Balaban J connectivity index is 2.09. The third kappa shape index (κ3) is 2.56. The van der Waals surface area contributed by atoms with Crippen molar-refractivity contribution >= 4 is 11.8 Å². The smallest absolute Gasteiger partial charge is 0.0608 e. The first kappa shape index (κ1) is 11.0. The third-order valence-corrected chi connectivity index (χ3v) is 3.99. The highest BCUT2D eigenvalue weighted by Crippen LogP contribution is 2.35. The van der Waals surface area contributed by atoms with E-state index in [1.54, 1.807) is 0 Å². The lowest BCUT2D eigenvalue weighted by Crippen LogP contribution is -2.10. The van der Waals surface area contributed by atoms with Crippen molar-refractivity contribution in [3.63, 3.8) is 0 Å². The van der Waals surface area contributed by atoms with Gasteiger partial charge in [0.1, 0.15) is 0 Å². The van der Waals surface area contributed by atoms with Crippen molar-refractivity contribution in [2.45, 2.75) is 43.1 Å². The molecule has 2 atom stereocenters. The van der Waals surface area contributed by atoms with Gasteiger partial charge in [-0.3, -0.25) is 0 Å². The summed E-state index contributed by atoms with van der Waals surface area (Å²) in [5.74, 6) is 1.50. The van der Waals surface area contributed by atoms with Crippen LogP contribution in [0.25, 0.3) is 0 Å². The van der Waals surface area contributed by atoms with Crippen LogP contribution in [0, 0.1) is 0 Å². The Morgan fingerprint density at radius 2 is 2.00 bits per heavy atom. The van der Waals surface area contributed by atoms with Gasteiger partial charge in [0.2, 0.25) is 0 Å². The second-order valence-corrected chi connectivity index (χ2v) is 5.44. The largest absolute Gasteiger partial charge is 0.392 e. The van der Waals surface area contributed by atoms with E-state index in [9.17, 15) is 5.11 Å². The Morgan fingerprint density at radius 1 is 1.27 bits per heavy atom. The van der Waals surface area contributed by atoms with Gasteiger partial charge in [-0.1, -0.05) is 25.5 Å². The minimum Gasteiger partial charge on any atom is -0.392 e. The maximum atomic E-state index is 9.81. The maximum Gasteiger partial charge on any atom is 0.0608 e. The molecular weight excluding hydrogens is 204 g/mol. The van der Waals surface area contributed by atoms with Gasteiger partial charge in [0.05, 0.1) is 6.10 Å². The van der Waals surface area contributed by atoms with Gasteiger partial charge in [0.25, 0.3) is 0 Å². The average Bonchev–Trinajstić information content (AvgIpc) is 2.66. The van der Waals surface area contributed by atoms with Gasteiger partial charge in [-0.15, -0.1) is 11.8 Å². The molecule has 1 fully saturated rings. The fourth-order valence-corrected chi connectivity index (χ4v) is 2.97. The normalized spacial score (nSPS) is 25.7. The molecule has 82 valence electrons. The average molecular weight is 222 g/mol. The number of hydrogen-bond acceptors (Lipinski definition) is 2. The predicted molar refractivity (Wildman–Crippen MR) is 65.4 cm³/mol. The first-order valence-corrected chi connectivity index (χ1v) is 6.70. The maximum absolute atomic E-state index is 9.81. The SMILES string of the molecule is CCSc1ccc([C@H]2CCC[C@@H]2O)cc1. The molecule has 1 saturated carbocycles. The standard InChI is InChI=1S/C13H18OS/c1-2-15-11-8-6-10(7-9-11)12-4-3-5-13(12)14/h6-9,12-14H,2-5H2,1H3/t12-,13+/m1/s1. The highest BCUT2D eigenvalue weighted by molar-refractivity contribution is 7.99. The molecule has 0 heterocycles. The number of rotatable bonds is 3. The van der Waals surface area contributed by atoms with Crippen molar-refractivity contribution < 1.29 is 5.11 Å². The summed E-state index contributed by atoms with van der Waals surface area (Å²) in [5.41, 5.74) is 1.31. The number of hydrogen-bond donors (Lipinski definition) is 1. The summed E-state index contributed by atoms with van der Waals surface area (Å²) in [7, 11) is 0. The van der Waals surface area contributed by atoms with Crippen LogP contribution in [0.4, 0.5) is 0 Å². The van der Waals surface area contributed by atoms with Crippen LogP contribution in [0.3, 0.4) is 0 Å². The van der Waals surface area contributed by atoms with E-state index in [1.807, 2.05) is 11.8 Å². The molecule has 0 unspecified atom stereocenters. The Kier molecular flexibility index (Phi) is 3.71. The summed E-state index contributed by atoms with van der Waals surface area (Å²) in [4.78, 5) is 1.33. The molecule has 0 saturated heterocycles. The van der Waals surface area contributed by atoms with Gasteiger partial charge in [-0.25, -0.2) is 0 Å². The molecule has 0 spiro atoms. The number of benzene rings is 1. The van der Waals surface area contributed by atoms with E-state index in [0.717, 1.165) is 25.0 Å². The van der Waals surface area contributed by atoms with Crippen molar-refractivity contribution in [2.24, 2.45) is 0 Å². The summed E-state index contributed by atoms with van der Waals surface area (Å²) >= 11 is 1.86. The molecule has 1 aromatic carbocycles. The van der Waals surface area contributed by atoms with Crippen LogP contribution in [0.15, 0.2) is 29.2 Å². The lowest BCUT2D eigenvalue weighted by molar-refractivity contribution is 0.164. The molecule has 0 bridgehead atoms. The monoisotopic (exact) mass is 222 g/mol. The second-order valence-electron chi connectivity index (χ2n) is 4.11. The molecule has 15 heavy (non-hydrogen) atoms. The number of aliphatic hydroxyl groups is 1. The van der Waals surface area contributed by atoms with Crippen molar-refractivity contribution in [2.75, 3.05) is 5.75 Å². The van der Waals surface area contributed by atoms with Crippen molar-refractivity contribution in [1.29, 1.82) is 0 Å². The van der Waals surface area contributed by atoms with E-state index in [2.05, 4.69) is 31.2 Å². The van der Waals surface area contributed by atoms with E-state index < -0.39 is 0 Å². The molecule has 0 radical (unpaired) electrons. The molecule has 0 amide bonds. The van der Waals surface area contributed by atoms with Gasteiger partial charge >= 0.3 is 0 Å². The van der Waals surface area contributed by atoms with Crippen LogP contribution in [-0.4, -0.2) is 17.0 Å². The van der Waals surface area contributed by atoms with Crippen LogP contribution in [0.5, 0.6) is 0 Å². The van der Waals surface area contributed by atoms with Crippen molar-refractivity contribution in [1.82, 2.24) is 0 Å². The van der Waals surface area contributed by atoms with E-state index in [1.165, 1.54) is 10.5 Å². The lowest BCUT2D eigenvalue weighted by atomic mass is 9.96. The molecule has 1 N–H and O–H groups in total. The summed E-state index contributed by atoms with van der Waals surface area (Å²) in [6, 6.07) is 8.71. The molecular formula is C13H18OS. The van der Waals surface area contributed by atoms with Crippen LogP contribution >= 0.6 is 11.8 Å². The van der Waals surface area contributed by atoms with Crippen LogP contribution < -0.4 is 0 Å². The fraction of sp³-hybridized carbons (Fsp3) is 0.538. The third-order valence-electron chi connectivity index (χ3n) is 3.10. The number of thioether (sulfide) groups is 1. The Hall–Kier alpha value is -0.470. The minimum absolute atomic E-state index is 0.116. The van der Waals surface area contributed by atoms with E-state index in [-0.39, 0.29) is 6.10 Å². The molecule has 1 aliphatic rings. The van der Waals surface area contributed by atoms with Gasteiger partial charge in [0.15, 0.2) is 0 Å². The predicted octanol–water partition coefficient (Wildman–Crippen LogP) is 3.43. The van der Waals surface area contributed by atoms with E-state index in [4.69, 9.17) is 0 Å². The number of aliphatic hydroxyl groups excluding tert-OH is 1.